The van der Waals surface area contributed by atoms with E-state index in [-0.39, 0.29) is 5.82 Å². The Kier molecular flexibility index (Phi) is 5.07. The molecular weight excluding hydrogens is 317 g/mol. The van der Waals surface area contributed by atoms with Crippen LogP contribution in [0.25, 0.3) is 0 Å². The third kappa shape index (κ3) is 3.65. The molecule has 0 bridgehead atoms. The van der Waals surface area contributed by atoms with Crippen molar-refractivity contribution in [3.05, 3.63) is 58.4 Å². The first-order chi connectivity index (χ1) is 10.6. The quantitative estimate of drug-likeness (QED) is 0.805. The molecule has 0 unspecified atom stereocenters. The zero-order valence-corrected chi connectivity index (χ0v) is 14.1. The molecule has 22 heavy (non-hydrogen) atoms. The van der Waals surface area contributed by atoms with Crippen molar-refractivity contribution in [1.29, 1.82) is 0 Å². The number of benzene rings is 2. The highest BCUT2D eigenvalue weighted by Crippen LogP contribution is 2.39. The van der Waals surface area contributed by atoms with Crippen LogP contribution in [0.5, 0.6) is 0 Å². The third-order valence-electron chi connectivity index (χ3n) is 4.11. The molecule has 0 atom stereocenters. The fourth-order valence-electron chi connectivity index (χ4n) is 2.91. The van der Waals surface area contributed by atoms with Crippen molar-refractivity contribution in [2.45, 2.75) is 35.5 Å². The van der Waals surface area contributed by atoms with E-state index in [2.05, 4.69) is 12.2 Å². The maximum Gasteiger partial charge on any atom is 0.123 e. The van der Waals surface area contributed by atoms with Gasteiger partial charge in [0.25, 0.3) is 0 Å². The largest absolute Gasteiger partial charge is 0.317 e. The molecule has 116 valence electrons. The highest BCUT2D eigenvalue weighted by molar-refractivity contribution is 7.99. The van der Waals surface area contributed by atoms with Crippen LogP contribution in [0.1, 0.15) is 29.9 Å². The van der Waals surface area contributed by atoms with Gasteiger partial charge in [-0.3, -0.25) is 0 Å². The maximum absolute atomic E-state index is 13.7. The van der Waals surface area contributed by atoms with Crippen molar-refractivity contribution < 1.29 is 4.39 Å². The van der Waals surface area contributed by atoms with E-state index in [0.29, 0.717) is 5.92 Å². The number of aryl methyl sites for hydroxylation is 1. The molecule has 0 saturated carbocycles. The Morgan fingerprint density at radius 2 is 1.82 bits per heavy atom. The van der Waals surface area contributed by atoms with Gasteiger partial charge in [0.2, 0.25) is 0 Å². The van der Waals surface area contributed by atoms with Gasteiger partial charge in [-0.1, -0.05) is 23.4 Å². The Labute approximate surface area is 140 Å². The van der Waals surface area contributed by atoms with E-state index in [1.54, 1.807) is 23.9 Å². The van der Waals surface area contributed by atoms with Crippen molar-refractivity contribution in [1.82, 2.24) is 5.32 Å². The zero-order valence-electron chi connectivity index (χ0n) is 12.5. The van der Waals surface area contributed by atoms with E-state index in [1.165, 1.54) is 4.90 Å². The molecule has 3 rings (SSSR count). The molecule has 0 aromatic heterocycles. The predicted octanol–water partition coefficient (Wildman–Crippen LogP) is 5.41. The summed E-state index contributed by atoms with van der Waals surface area (Å²) in [6.45, 7) is 4.07. The minimum atomic E-state index is -0.147. The second-order valence-electron chi connectivity index (χ2n) is 5.72. The fourth-order valence-corrected chi connectivity index (χ4v) is 4.21. The van der Waals surface area contributed by atoms with Gasteiger partial charge in [-0.25, -0.2) is 4.39 Å². The molecule has 1 fully saturated rings. The minimum Gasteiger partial charge on any atom is -0.317 e. The lowest BCUT2D eigenvalue weighted by Gasteiger charge is -2.25. The van der Waals surface area contributed by atoms with Gasteiger partial charge in [0.1, 0.15) is 5.82 Å². The van der Waals surface area contributed by atoms with Crippen LogP contribution >= 0.6 is 23.4 Å². The third-order valence-corrected chi connectivity index (χ3v) is 5.61. The van der Waals surface area contributed by atoms with Crippen LogP contribution in [0.2, 0.25) is 5.02 Å². The first-order valence-corrected chi connectivity index (χ1v) is 8.77. The highest BCUT2D eigenvalue weighted by Gasteiger charge is 2.19. The maximum atomic E-state index is 13.7. The Hall–Kier alpha value is -1.03. The normalized spacial score (nSPS) is 16.0. The molecule has 2 aromatic carbocycles. The van der Waals surface area contributed by atoms with Gasteiger partial charge in [0.15, 0.2) is 0 Å². The first kappa shape index (κ1) is 15.9. The number of hydrogen-bond acceptors (Lipinski definition) is 2. The summed E-state index contributed by atoms with van der Waals surface area (Å²) in [6, 6.07) is 11.1. The standard InChI is InChI=1S/C18H19ClFNS/c1-12-10-14(19)2-4-17(12)22-18-5-3-15(20)11-16(18)13-6-8-21-9-7-13/h2-5,10-11,13,21H,6-9H2,1H3. The summed E-state index contributed by atoms with van der Waals surface area (Å²) in [7, 11) is 0. The zero-order chi connectivity index (χ0) is 15.5. The van der Waals surface area contributed by atoms with Gasteiger partial charge < -0.3 is 5.32 Å². The van der Waals surface area contributed by atoms with Crippen molar-refractivity contribution in [3.8, 4) is 0 Å². The first-order valence-electron chi connectivity index (χ1n) is 7.57. The Morgan fingerprint density at radius 3 is 2.55 bits per heavy atom. The second kappa shape index (κ2) is 7.03. The monoisotopic (exact) mass is 335 g/mol. The van der Waals surface area contributed by atoms with Crippen LogP contribution < -0.4 is 5.32 Å². The molecule has 1 N–H and O–H groups in total. The summed E-state index contributed by atoms with van der Waals surface area (Å²) in [4.78, 5) is 2.32. The van der Waals surface area contributed by atoms with Gasteiger partial charge in [-0.2, -0.15) is 0 Å². The Bertz CT molecular complexity index is 668. The minimum absolute atomic E-state index is 0.147. The molecule has 1 saturated heterocycles. The van der Waals surface area contributed by atoms with E-state index in [9.17, 15) is 4.39 Å². The fraction of sp³-hybridized carbons (Fsp3) is 0.333. The van der Waals surface area contributed by atoms with E-state index in [0.717, 1.165) is 47.0 Å². The average molecular weight is 336 g/mol. The van der Waals surface area contributed by atoms with E-state index in [4.69, 9.17) is 11.6 Å². The SMILES string of the molecule is Cc1cc(Cl)ccc1Sc1ccc(F)cc1C1CCNCC1. The molecule has 1 heterocycles. The van der Waals surface area contributed by atoms with Gasteiger partial charge in [0.05, 0.1) is 0 Å². The second-order valence-corrected chi connectivity index (χ2v) is 7.24. The predicted molar refractivity (Wildman–Crippen MR) is 91.6 cm³/mol. The summed E-state index contributed by atoms with van der Waals surface area (Å²) in [5.74, 6) is 0.290. The summed E-state index contributed by atoms with van der Waals surface area (Å²) < 4.78 is 13.7. The number of piperidine rings is 1. The Morgan fingerprint density at radius 1 is 1.09 bits per heavy atom. The smallest absolute Gasteiger partial charge is 0.123 e. The van der Waals surface area contributed by atoms with Gasteiger partial charge in [-0.05, 0) is 86.3 Å². The van der Waals surface area contributed by atoms with Crippen LogP contribution in [0.15, 0.2) is 46.2 Å². The van der Waals surface area contributed by atoms with Crippen LogP contribution in [-0.4, -0.2) is 13.1 Å². The molecule has 1 aliphatic heterocycles. The molecule has 2 aromatic rings. The number of nitrogens with one attached hydrogen (secondary N) is 1. The van der Waals surface area contributed by atoms with E-state index >= 15 is 0 Å². The van der Waals surface area contributed by atoms with Crippen molar-refractivity contribution in [2.24, 2.45) is 0 Å². The summed E-state index contributed by atoms with van der Waals surface area (Å²) in [5, 5.41) is 4.12. The molecule has 1 nitrogen and oxygen atoms in total. The van der Waals surface area contributed by atoms with Crippen molar-refractivity contribution in [2.75, 3.05) is 13.1 Å². The summed E-state index contributed by atoms with van der Waals surface area (Å²) in [5.41, 5.74) is 2.29. The van der Waals surface area contributed by atoms with Crippen LogP contribution in [-0.2, 0) is 0 Å². The van der Waals surface area contributed by atoms with Gasteiger partial charge >= 0.3 is 0 Å². The topological polar surface area (TPSA) is 12.0 Å². The molecule has 1 aliphatic rings. The van der Waals surface area contributed by atoms with Gasteiger partial charge in [0, 0.05) is 14.8 Å². The lowest BCUT2D eigenvalue weighted by molar-refractivity contribution is 0.454. The van der Waals surface area contributed by atoms with E-state index < -0.39 is 0 Å². The molecule has 0 amide bonds. The van der Waals surface area contributed by atoms with Crippen LogP contribution in [0.3, 0.4) is 0 Å². The molecule has 0 aliphatic carbocycles. The number of halogens is 2. The average Bonchev–Trinajstić information content (AvgIpc) is 2.52. The molecular formula is C18H19ClFNS. The van der Waals surface area contributed by atoms with Gasteiger partial charge in [-0.15, -0.1) is 0 Å². The summed E-state index contributed by atoms with van der Waals surface area (Å²) in [6.07, 6.45) is 2.13. The van der Waals surface area contributed by atoms with E-state index in [1.807, 2.05) is 24.3 Å². The molecule has 0 spiro atoms. The Balaban J connectivity index is 1.92. The van der Waals surface area contributed by atoms with Crippen molar-refractivity contribution >= 4 is 23.4 Å². The van der Waals surface area contributed by atoms with Crippen LogP contribution in [0, 0.1) is 12.7 Å². The van der Waals surface area contributed by atoms with Crippen molar-refractivity contribution in [3.63, 3.8) is 0 Å². The number of rotatable bonds is 3. The highest BCUT2D eigenvalue weighted by atomic mass is 35.5. The lowest BCUT2D eigenvalue weighted by atomic mass is 9.90. The number of hydrogen-bond donors (Lipinski definition) is 1. The molecule has 4 heteroatoms. The van der Waals surface area contributed by atoms with Crippen LogP contribution in [0.4, 0.5) is 4.39 Å². The molecule has 0 radical (unpaired) electrons. The lowest BCUT2D eigenvalue weighted by Crippen LogP contribution is -2.26. The summed E-state index contributed by atoms with van der Waals surface area (Å²) >= 11 is 7.73.